The van der Waals surface area contributed by atoms with Crippen LogP contribution < -0.4 is 4.74 Å². The Labute approximate surface area is 127 Å². The highest BCUT2D eigenvalue weighted by atomic mass is 16.5. The molecule has 0 bridgehead atoms. The van der Waals surface area contributed by atoms with E-state index < -0.39 is 0 Å². The Bertz CT molecular complexity index is 860. The van der Waals surface area contributed by atoms with Crippen LogP contribution in [0.4, 0.5) is 11.4 Å². The number of phenols is 2. The van der Waals surface area contributed by atoms with Crippen molar-refractivity contribution in [2.45, 2.75) is 0 Å². The van der Waals surface area contributed by atoms with Gasteiger partial charge >= 0.3 is 0 Å². The minimum absolute atomic E-state index is 0.00942. The van der Waals surface area contributed by atoms with Gasteiger partial charge in [0, 0.05) is 11.5 Å². The average Bonchev–Trinajstić information content (AvgIpc) is 2.56. The van der Waals surface area contributed by atoms with Gasteiger partial charge in [-0.1, -0.05) is 30.3 Å². The van der Waals surface area contributed by atoms with Crippen LogP contribution >= 0.6 is 0 Å². The van der Waals surface area contributed by atoms with Crippen molar-refractivity contribution in [3.63, 3.8) is 0 Å². The second kappa shape index (κ2) is 5.73. The second-order valence-electron chi connectivity index (χ2n) is 4.71. The van der Waals surface area contributed by atoms with E-state index in [1.165, 1.54) is 13.2 Å². The standard InChI is InChI=1S/C17H14N2O3/c1-22-12-7-9-16(20)15(10-12)19-18-14-8-6-11-4-2-3-5-13(11)17(14)21/h2-10,20-21H,1H3/b19-18+. The van der Waals surface area contributed by atoms with Gasteiger partial charge in [-0.2, -0.15) is 0 Å². The lowest BCUT2D eigenvalue weighted by atomic mass is 10.1. The van der Waals surface area contributed by atoms with Crippen molar-refractivity contribution in [3.8, 4) is 17.2 Å². The number of rotatable bonds is 3. The van der Waals surface area contributed by atoms with E-state index in [0.717, 1.165) is 5.39 Å². The Morgan fingerprint density at radius 2 is 1.64 bits per heavy atom. The maximum absolute atomic E-state index is 10.3. The molecule has 0 aliphatic heterocycles. The third-order valence-corrected chi connectivity index (χ3v) is 3.33. The fourth-order valence-corrected chi connectivity index (χ4v) is 2.14. The lowest BCUT2D eigenvalue weighted by molar-refractivity contribution is 0.412. The van der Waals surface area contributed by atoms with Gasteiger partial charge in [0.05, 0.1) is 7.11 Å². The molecule has 0 fully saturated rings. The fourth-order valence-electron chi connectivity index (χ4n) is 2.14. The van der Waals surface area contributed by atoms with Crippen LogP contribution in [0.15, 0.2) is 64.8 Å². The molecule has 0 heterocycles. The fraction of sp³-hybridized carbons (Fsp3) is 0.0588. The molecule has 0 saturated carbocycles. The monoisotopic (exact) mass is 294 g/mol. The Kier molecular flexibility index (Phi) is 3.62. The van der Waals surface area contributed by atoms with E-state index in [1.54, 1.807) is 18.2 Å². The van der Waals surface area contributed by atoms with Crippen LogP contribution in [0.25, 0.3) is 10.8 Å². The number of azo groups is 1. The summed E-state index contributed by atoms with van der Waals surface area (Å²) in [6.45, 7) is 0. The molecule has 0 atom stereocenters. The van der Waals surface area contributed by atoms with E-state index in [4.69, 9.17) is 4.74 Å². The van der Waals surface area contributed by atoms with E-state index in [-0.39, 0.29) is 17.2 Å². The Morgan fingerprint density at radius 1 is 0.864 bits per heavy atom. The van der Waals surface area contributed by atoms with Gasteiger partial charge in [-0.25, -0.2) is 0 Å². The minimum atomic E-state index is -0.00942. The van der Waals surface area contributed by atoms with Crippen molar-refractivity contribution in [2.75, 3.05) is 7.11 Å². The van der Waals surface area contributed by atoms with Gasteiger partial charge in [0.2, 0.25) is 0 Å². The van der Waals surface area contributed by atoms with Gasteiger partial charge in [-0.3, -0.25) is 0 Å². The first kappa shape index (κ1) is 13.9. The first-order chi connectivity index (χ1) is 10.7. The number of phenolic OH excluding ortho intramolecular Hbond substituents is 2. The molecule has 0 unspecified atom stereocenters. The maximum atomic E-state index is 10.3. The molecular formula is C17H14N2O3. The first-order valence-corrected chi connectivity index (χ1v) is 6.68. The van der Waals surface area contributed by atoms with Crippen LogP contribution in [-0.4, -0.2) is 17.3 Å². The third-order valence-electron chi connectivity index (χ3n) is 3.33. The van der Waals surface area contributed by atoms with Crippen LogP contribution in [0.3, 0.4) is 0 Å². The third kappa shape index (κ3) is 2.56. The van der Waals surface area contributed by atoms with Gasteiger partial charge in [0.25, 0.3) is 0 Å². The molecule has 0 aromatic heterocycles. The zero-order valence-corrected chi connectivity index (χ0v) is 11.9. The lowest BCUT2D eigenvalue weighted by Crippen LogP contribution is -1.81. The van der Waals surface area contributed by atoms with Crippen molar-refractivity contribution >= 4 is 22.1 Å². The van der Waals surface area contributed by atoms with E-state index in [2.05, 4.69) is 10.2 Å². The van der Waals surface area contributed by atoms with Gasteiger partial charge in [0.1, 0.15) is 22.9 Å². The van der Waals surface area contributed by atoms with E-state index in [9.17, 15) is 10.2 Å². The van der Waals surface area contributed by atoms with Crippen molar-refractivity contribution in [1.29, 1.82) is 0 Å². The molecule has 110 valence electrons. The quantitative estimate of drug-likeness (QED) is 0.689. The summed E-state index contributed by atoms with van der Waals surface area (Å²) in [5.41, 5.74) is 0.604. The Balaban J connectivity index is 2.01. The van der Waals surface area contributed by atoms with Crippen molar-refractivity contribution in [2.24, 2.45) is 10.2 Å². The van der Waals surface area contributed by atoms with Gasteiger partial charge < -0.3 is 14.9 Å². The molecule has 0 amide bonds. The zero-order chi connectivity index (χ0) is 15.5. The summed E-state index contributed by atoms with van der Waals surface area (Å²) < 4.78 is 5.08. The van der Waals surface area contributed by atoms with E-state index >= 15 is 0 Å². The molecule has 0 saturated heterocycles. The summed E-state index contributed by atoms with van der Waals surface area (Å²) >= 11 is 0. The van der Waals surface area contributed by atoms with Gasteiger partial charge in [-0.05, 0) is 23.6 Å². The molecule has 3 aromatic rings. The molecule has 0 spiro atoms. The number of fused-ring (bicyclic) bond motifs is 1. The predicted molar refractivity (Wildman–Crippen MR) is 84.4 cm³/mol. The number of hydrogen-bond acceptors (Lipinski definition) is 5. The number of aromatic hydroxyl groups is 2. The molecule has 0 aliphatic rings. The second-order valence-corrected chi connectivity index (χ2v) is 4.71. The first-order valence-electron chi connectivity index (χ1n) is 6.68. The normalized spacial score (nSPS) is 11.1. The number of methoxy groups -OCH3 is 1. The smallest absolute Gasteiger partial charge is 0.150 e. The summed E-state index contributed by atoms with van der Waals surface area (Å²) in [5, 5.41) is 29.7. The molecule has 22 heavy (non-hydrogen) atoms. The van der Waals surface area contributed by atoms with Gasteiger partial charge in [0.15, 0.2) is 5.75 Å². The molecule has 5 nitrogen and oxygen atoms in total. The number of hydrogen-bond donors (Lipinski definition) is 2. The van der Waals surface area contributed by atoms with E-state index in [0.29, 0.717) is 16.8 Å². The van der Waals surface area contributed by atoms with Gasteiger partial charge in [-0.15, -0.1) is 10.2 Å². The van der Waals surface area contributed by atoms with Crippen LogP contribution in [0, 0.1) is 0 Å². The molecule has 2 N–H and O–H groups in total. The predicted octanol–water partition coefficient (Wildman–Crippen LogP) is 4.68. The molecular weight excluding hydrogens is 280 g/mol. The largest absolute Gasteiger partial charge is 0.506 e. The zero-order valence-electron chi connectivity index (χ0n) is 11.9. The number of benzene rings is 3. The number of ether oxygens (including phenoxy) is 1. The highest BCUT2D eigenvalue weighted by molar-refractivity contribution is 5.92. The Morgan fingerprint density at radius 3 is 2.45 bits per heavy atom. The maximum Gasteiger partial charge on any atom is 0.150 e. The van der Waals surface area contributed by atoms with E-state index in [1.807, 2.05) is 30.3 Å². The summed E-state index contributed by atoms with van der Waals surface area (Å²) in [6.07, 6.45) is 0. The lowest BCUT2D eigenvalue weighted by Gasteiger charge is -2.04. The summed E-state index contributed by atoms with van der Waals surface area (Å²) in [6, 6.07) is 15.7. The van der Waals surface area contributed by atoms with Crippen LogP contribution in [0.2, 0.25) is 0 Å². The van der Waals surface area contributed by atoms with Crippen LogP contribution in [-0.2, 0) is 0 Å². The molecule has 3 aromatic carbocycles. The number of nitrogens with zero attached hydrogens (tertiary/aromatic N) is 2. The van der Waals surface area contributed by atoms with Crippen LogP contribution in [0.1, 0.15) is 0 Å². The molecule has 5 heteroatoms. The Hall–Kier alpha value is -3.08. The summed E-state index contributed by atoms with van der Waals surface area (Å²) in [5.74, 6) is 0.614. The molecule has 0 radical (unpaired) electrons. The summed E-state index contributed by atoms with van der Waals surface area (Å²) in [4.78, 5) is 0. The minimum Gasteiger partial charge on any atom is -0.506 e. The highest BCUT2D eigenvalue weighted by Gasteiger charge is 2.06. The topological polar surface area (TPSA) is 74.4 Å². The van der Waals surface area contributed by atoms with Crippen molar-refractivity contribution in [1.82, 2.24) is 0 Å². The SMILES string of the molecule is COc1ccc(O)c(/N=N/c2ccc3ccccc3c2O)c1. The van der Waals surface area contributed by atoms with Crippen LogP contribution in [0.5, 0.6) is 17.2 Å². The summed E-state index contributed by atoms with van der Waals surface area (Å²) in [7, 11) is 1.53. The molecule has 3 rings (SSSR count). The average molecular weight is 294 g/mol. The van der Waals surface area contributed by atoms with Crippen molar-refractivity contribution < 1.29 is 14.9 Å². The highest BCUT2D eigenvalue weighted by Crippen LogP contribution is 2.37. The molecule has 0 aliphatic carbocycles. The van der Waals surface area contributed by atoms with Crippen molar-refractivity contribution in [3.05, 3.63) is 54.6 Å².